The first-order valence-electron chi connectivity index (χ1n) is 7.54. The van der Waals surface area contributed by atoms with Crippen LogP contribution in [0, 0.1) is 41.9 Å². The van der Waals surface area contributed by atoms with E-state index < -0.39 is 0 Å². The van der Waals surface area contributed by atoms with Gasteiger partial charge >= 0.3 is 0 Å². The monoisotopic (exact) mass is 260 g/mol. The first-order valence-corrected chi connectivity index (χ1v) is 7.54. The van der Waals surface area contributed by atoms with Crippen LogP contribution in [0.1, 0.15) is 39.0 Å². The number of hydrogen-bond acceptors (Lipinski definition) is 2. The van der Waals surface area contributed by atoms with E-state index in [0.29, 0.717) is 12.5 Å². The molecule has 0 aromatic heterocycles. The molecule has 0 spiro atoms. The highest BCUT2D eigenvalue weighted by Gasteiger charge is 2.54. The molecule has 4 aliphatic carbocycles. The highest BCUT2D eigenvalue weighted by molar-refractivity contribution is 5.93. The van der Waals surface area contributed by atoms with Gasteiger partial charge in [0, 0.05) is 6.54 Å². The molecule has 0 aliphatic heterocycles. The Hall–Kier alpha value is -1.01. The van der Waals surface area contributed by atoms with E-state index >= 15 is 0 Å². The summed E-state index contributed by atoms with van der Waals surface area (Å²) in [4.78, 5) is 11.6. The van der Waals surface area contributed by atoms with Gasteiger partial charge in [-0.15, -0.1) is 6.42 Å². The fourth-order valence-electron chi connectivity index (χ4n) is 5.53. The third kappa shape index (κ3) is 2.07. The lowest BCUT2D eigenvalue weighted by Crippen LogP contribution is -2.63. The maximum atomic E-state index is 11.6. The van der Waals surface area contributed by atoms with E-state index in [1.807, 2.05) is 0 Å². The minimum absolute atomic E-state index is 0.318. The minimum atomic E-state index is -0.327. The van der Waals surface area contributed by atoms with E-state index in [4.69, 9.17) is 12.2 Å². The van der Waals surface area contributed by atoms with Crippen molar-refractivity contribution in [2.24, 2.45) is 35.3 Å². The largest absolute Gasteiger partial charge is 0.339 e. The Morgan fingerprint density at radius 3 is 2.21 bits per heavy atom. The summed E-state index contributed by atoms with van der Waals surface area (Å²) in [6.07, 6.45) is 12.0. The summed E-state index contributed by atoms with van der Waals surface area (Å²) in [7, 11) is 0. The number of carbonyl (C=O) groups is 1. The van der Waals surface area contributed by atoms with Gasteiger partial charge in [0.25, 0.3) is 5.91 Å². The summed E-state index contributed by atoms with van der Waals surface area (Å²) in [5.74, 6) is 5.72. The predicted molar refractivity (Wildman–Crippen MR) is 75.0 cm³/mol. The maximum Gasteiger partial charge on any atom is 0.296 e. The molecular formula is C16H24N2O. The minimum Gasteiger partial charge on any atom is -0.339 e. The molecule has 3 heteroatoms. The van der Waals surface area contributed by atoms with Crippen LogP contribution < -0.4 is 11.1 Å². The van der Waals surface area contributed by atoms with Crippen LogP contribution in [0.2, 0.25) is 0 Å². The Morgan fingerprint density at radius 1 is 1.26 bits per heavy atom. The standard InChI is InChI=1S/C16H24N2O/c1-3-14(19)18-16(2,9-17)15-12-5-10-4-11(7-12)8-13(15)6-10/h1,10-13,15H,4-9,17H2,2H3,(H,18,19). The molecule has 4 saturated carbocycles. The number of rotatable bonds is 3. The van der Waals surface area contributed by atoms with Crippen LogP contribution in [0.4, 0.5) is 0 Å². The lowest BCUT2D eigenvalue weighted by Gasteiger charge is -2.59. The normalized spacial score (nSPS) is 42.5. The highest BCUT2D eigenvalue weighted by atomic mass is 16.1. The second-order valence-corrected chi connectivity index (χ2v) is 7.18. The Morgan fingerprint density at radius 2 is 1.79 bits per heavy atom. The van der Waals surface area contributed by atoms with E-state index in [1.54, 1.807) is 0 Å². The SMILES string of the molecule is C#CC(=O)NC(C)(CN)C1C2CC3CC(C2)CC1C3. The molecule has 1 amide bonds. The molecule has 0 aromatic carbocycles. The number of nitrogens with two attached hydrogens (primary N) is 1. The van der Waals surface area contributed by atoms with E-state index in [-0.39, 0.29) is 11.4 Å². The van der Waals surface area contributed by atoms with Crippen LogP contribution in [0.3, 0.4) is 0 Å². The number of nitrogens with one attached hydrogen (secondary N) is 1. The number of terminal acetylenes is 1. The molecule has 104 valence electrons. The predicted octanol–water partition coefficient (Wildman–Crippen LogP) is 1.53. The van der Waals surface area contributed by atoms with Gasteiger partial charge in [0.2, 0.25) is 0 Å². The molecule has 19 heavy (non-hydrogen) atoms. The van der Waals surface area contributed by atoms with Gasteiger partial charge in [-0.1, -0.05) is 0 Å². The second-order valence-electron chi connectivity index (χ2n) is 7.18. The summed E-state index contributed by atoms with van der Waals surface area (Å²) < 4.78 is 0. The van der Waals surface area contributed by atoms with E-state index in [1.165, 1.54) is 32.1 Å². The van der Waals surface area contributed by atoms with E-state index in [0.717, 1.165) is 23.7 Å². The van der Waals surface area contributed by atoms with Gasteiger partial charge in [0.1, 0.15) is 0 Å². The fourth-order valence-corrected chi connectivity index (χ4v) is 5.53. The maximum absolute atomic E-state index is 11.6. The third-order valence-corrected chi connectivity index (χ3v) is 5.92. The van der Waals surface area contributed by atoms with Crippen LogP contribution in [-0.4, -0.2) is 18.0 Å². The number of amides is 1. The zero-order chi connectivity index (χ0) is 13.6. The Bertz CT molecular complexity index is 397. The van der Waals surface area contributed by atoms with Crippen molar-refractivity contribution < 1.29 is 4.79 Å². The fraction of sp³-hybridized carbons (Fsp3) is 0.812. The Kier molecular flexibility index (Phi) is 3.09. The first kappa shape index (κ1) is 13.0. The second kappa shape index (κ2) is 4.52. The smallest absolute Gasteiger partial charge is 0.296 e. The van der Waals surface area contributed by atoms with Crippen LogP contribution in [0.5, 0.6) is 0 Å². The topological polar surface area (TPSA) is 55.1 Å². The van der Waals surface area contributed by atoms with Gasteiger partial charge in [-0.3, -0.25) is 4.79 Å². The zero-order valence-electron chi connectivity index (χ0n) is 11.7. The van der Waals surface area contributed by atoms with Gasteiger partial charge in [-0.05, 0) is 74.5 Å². The van der Waals surface area contributed by atoms with Crippen LogP contribution in [0.25, 0.3) is 0 Å². The van der Waals surface area contributed by atoms with Crippen molar-refractivity contribution >= 4 is 5.91 Å². The van der Waals surface area contributed by atoms with Crippen molar-refractivity contribution in [1.82, 2.24) is 5.32 Å². The van der Waals surface area contributed by atoms with E-state index in [2.05, 4.69) is 18.2 Å². The van der Waals surface area contributed by atoms with Crippen molar-refractivity contribution in [3.05, 3.63) is 0 Å². The van der Waals surface area contributed by atoms with Gasteiger partial charge in [0.15, 0.2) is 0 Å². The quantitative estimate of drug-likeness (QED) is 0.756. The first-order chi connectivity index (χ1) is 9.05. The summed E-state index contributed by atoms with van der Waals surface area (Å²) in [5, 5.41) is 3.02. The molecule has 1 unspecified atom stereocenters. The molecular weight excluding hydrogens is 236 g/mol. The number of hydrogen-bond donors (Lipinski definition) is 2. The molecule has 0 saturated heterocycles. The van der Waals surface area contributed by atoms with Crippen molar-refractivity contribution in [3.63, 3.8) is 0 Å². The lowest BCUT2D eigenvalue weighted by atomic mass is 9.48. The van der Waals surface area contributed by atoms with Gasteiger partial charge in [0.05, 0.1) is 5.54 Å². The molecule has 4 rings (SSSR count). The molecule has 0 radical (unpaired) electrons. The zero-order valence-corrected chi connectivity index (χ0v) is 11.7. The molecule has 3 nitrogen and oxygen atoms in total. The Labute approximate surface area is 115 Å². The summed E-state index contributed by atoms with van der Waals surface area (Å²) in [6.45, 7) is 2.57. The van der Waals surface area contributed by atoms with Crippen molar-refractivity contribution in [2.75, 3.05) is 6.54 Å². The van der Waals surface area contributed by atoms with Gasteiger partial charge in [-0.25, -0.2) is 0 Å². The van der Waals surface area contributed by atoms with Crippen molar-refractivity contribution in [2.45, 2.75) is 44.6 Å². The molecule has 3 N–H and O–H groups in total. The summed E-state index contributed by atoms with van der Waals surface area (Å²) in [6, 6.07) is 0. The third-order valence-electron chi connectivity index (χ3n) is 5.92. The van der Waals surface area contributed by atoms with Crippen LogP contribution in [0.15, 0.2) is 0 Å². The molecule has 1 atom stereocenters. The van der Waals surface area contributed by atoms with Crippen molar-refractivity contribution in [3.8, 4) is 12.3 Å². The average Bonchev–Trinajstić information content (AvgIpc) is 2.37. The molecule has 0 aromatic rings. The highest BCUT2D eigenvalue weighted by Crippen LogP contribution is 2.58. The Balaban J connectivity index is 1.83. The van der Waals surface area contributed by atoms with Crippen molar-refractivity contribution in [1.29, 1.82) is 0 Å². The molecule has 4 aliphatic rings. The number of carbonyl (C=O) groups excluding carboxylic acids is 1. The van der Waals surface area contributed by atoms with Crippen LogP contribution >= 0.6 is 0 Å². The van der Waals surface area contributed by atoms with Crippen LogP contribution in [-0.2, 0) is 4.79 Å². The van der Waals surface area contributed by atoms with Gasteiger partial charge < -0.3 is 11.1 Å². The molecule has 0 heterocycles. The lowest BCUT2D eigenvalue weighted by molar-refractivity contribution is -0.121. The van der Waals surface area contributed by atoms with E-state index in [9.17, 15) is 4.79 Å². The summed E-state index contributed by atoms with van der Waals surface area (Å²) in [5.41, 5.74) is 5.68. The molecule has 4 bridgehead atoms. The van der Waals surface area contributed by atoms with Gasteiger partial charge in [-0.2, -0.15) is 0 Å². The average molecular weight is 260 g/mol. The molecule has 4 fully saturated rings. The summed E-state index contributed by atoms with van der Waals surface area (Å²) >= 11 is 0.